The summed E-state index contributed by atoms with van der Waals surface area (Å²) in [4.78, 5) is 15.1. The largest absolute Gasteiger partial charge is 0.335 e. The Bertz CT molecular complexity index is 358. The number of nitrogens with zero attached hydrogens (tertiary/aromatic N) is 1. The number of hydrogen-bond acceptors (Lipinski definition) is 3. The third kappa shape index (κ3) is 2.91. The van der Waals surface area contributed by atoms with Gasteiger partial charge in [-0.1, -0.05) is 12.1 Å². The van der Waals surface area contributed by atoms with Crippen molar-refractivity contribution in [3.05, 3.63) is 44.8 Å². The zero-order valence-electron chi connectivity index (χ0n) is 8.13. The van der Waals surface area contributed by atoms with Crippen LogP contribution in [0.25, 0.3) is 0 Å². The Morgan fingerprint density at radius 1 is 1.07 bits per heavy atom. The highest BCUT2D eigenvalue weighted by Crippen LogP contribution is 2.15. The maximum atomic E-state index is 10.9. The molecule has 0 saturated carbocycles. The third-order valence-electron chi connectivity index (χ3n) is 2.03. The van der Waals surface area contributed by atoms with E-state index >= 15 is 0 Å². The lowest BCUT2D eigenvalue weighted by Crippen LogP contribution is -2.19. The predicted molar refractivity (Wildman–Crippen MR) is 63.9 cm³/mol. The number of rotatable bonds is 5. The summed E-state index contributed by atoms with van der Waals surface area (Å²) < 4.78 is 0. The summed E-state index contributed by atoms with van der Waals surface area (Å²) in [6.07, 6.45) is 0.916. The minimum Gasteiger partial charge on any atom is -0.335 e. The van der Waals surface area contributed by atoms with Crippen molar-refractivity contribution < 1.29 is 4.79 Å². The molecule has 0 aromatic carbocycles. The predicted octanol–water partition coefficient (Wildman–Crippen LogP) is 2.97. The van der Waals surface area contributed by atoms with Crippen LogP contribution in [0, 0.1) is 0 Å². The van der Waals surface area contributed by atoms with Crippen molar-refractivity contribution in [3.63, 3.8) is 0 Å². The van der Waals surface area contributed by atoms with E-state index in [9.17, 15) is 4.79 Å². The molecule has 0 aliphatic carbocycles. The van der Waals surface area contributed by atoms with Gasteiger partial charge in [-0.05, 0) is 22.9 Å². The molecule has 0 N–H and O–H groups in total. The lowest BCUT2D eigenvalue weighted by atomic mass is 10.4. The van der Waals surface area contributed by atoms with Gasteiger partial charge in [0.05, 0.1) is 13.1 Å². The van der Waals surface area contributed by atoms with Gasteiger partial charge in [-0.15, -0.1) is 22.7 Å². The average Bonchev–Trinajstić information content (AvgIpc) is 2.89. The van der Waals surface area contributed by atoms with E-state index in [2.05, 4.69) is 12.1 Å². The van der Waals surface area contributed by atoms with Gasteiger partial charge >= 0.3 is 0 Å². The van der Waals surface area contributed by atoms with E-state index in [0.29, 0.717) is 13.1 Å². The summed E-state index contributed by atoms with van der Waals surface area (Å²) in [5.41, 5.74) is 0. The Kier molecular flexibility index (Phi) is 3.53. The van der Waals surface area contributed by atoms with Crippen LogP contribution < -0.4 is 0 Å². The van der Waals surface area contributed by atoms with Crippen LogP contribution in [0.2, 0.25) is 0 Å². The maximum absolute atomic E-state index is 10.9. The van der Waals surface area contributed by atoms with E-state index in [4.69, 9.17) is 0 Å². The molecule has 0 saturated heterocycles. The molecule has 15 heavy (non-hydrogen) atoms. The summed E-state index contributed by atoms with van der Waals surface area (Å²) in [6, 6.07) is 8.12. The zero-order chi connectivity index (χ0) is 10.5. The van der Waals surface area contributed by atoms with Gasteiger partial charge in [-0.25, -0.2) is 0 Å². The van der Waals surface area contributed by atoms with Crippen LogP contribution in [0.15, 0.2) is 35.0 Å². The van der Waals surface area contributed by atoms with Crippen LogP contribution in [0.4, 0.5) is 0 Å². The van der Waals surface area contributed by atoms with Gasteiger partial charge in [0.15, 0.2) is 0 Å². The van der Waals surface area contributed by atoms with Crippen molar-refractivity contribution >= 4 is 29.1 Å². The average molecular weight is 237 g/mol. The maximum Gasteiger partial charge on any atom is 0.210 e. The summed E-state index contributed by atoms with van der Waals surface area (Å²) in [5, 5.41) is 4.06. The molecule has 2 nitrogen and oxygen atoms in total. The van der Waals surface area contributed by atoms with Crippen molar-refractivity contribution in [1.82, 2.24) is 4.90 Å². The van der Waals surface area contributed by atoms with E-state index in [-0.39, 0.29) is 0 Å². The van der Waals surface area contributed by atoms with Crippen molar-refractivity contribution in [2.24, 2.45) is 0 Å². The van der Waals surface area contributed by atoms with E-state index < -0.39 is 0 Å². The second-order valence-corrected chi connectivity index (χ2v) is 5.23. The van der Waals surface area contributed by atoms with E-state index in [1.165, 1.54) is 9.75 Å². The lowest BCUT2D eigenvalue weighted by Gasteiger charge is -2.14. The van der Waals surface area contributed by atoms with Gasteiger partial charge in [0.1, 0.15) is 0 Å². The quantitative estimate of drug-likeness (QED) is 0.732. The molecule has 0 spiro atoms. The third-order valence-corrected chi connectivity index (χ3v) is 3.75. The standard InChI is InChI=1S/C11H11NOS2/c13-9-12(7-10-3-1-5-14-10)8-11-4-2-6-15-11/h1-6,9H,7-8H2. The highest BCUT2D eigenvalue weighted by molar-refractivity contribution is 7.10. The first-order chi connectivity index (χ1) is 7.38. The van der Waals surface area contributed by atoms with E-state index in [1.54, 1.807) is 27.6 Å². The SMILES string of the molecule is O=CN(Cc1cccs1)Cc1cccs1. The van der Waals surface area contributed by atoms with Gasteiger partial charge in [0.25, 0.3) is 0 Å². The van der Waals surface area contributed by atoms with Crippen LogP contribution in [0.5, 0.6) is 0 Å². The van der Waals surface area contributed by atoms with Crippen LogP contribution >= 0.6 is 22.7 Å². The van der Waals surface area contributed by atoms with Crippen LogP contribution in [0.1, 0.15) is 9.75 Å². The number of thiophene rings is 2. The van der Waals surface area contributed by atoms with Gasteiger partial charge < -0.3 is 4.90 Å². The fourth-order valence-electron chi connectivity index (χ4n) is 1.34. The molecule has 2 heterocycles. The van der Waals surface area contributed by atoms with Crippen molar-refractivity contribution in [2.75, 3.05) is 0 Å². The molecule has 0 atom stereocenters. The Balaban J connectivity index is 1.96. The monoisotopic (exact) mass is 237 g/mol. The molecule has 2 aromatic heterocycles. The Hall–Kier alpha value is -1.13. The molecule has 2 aromatic rings. The summed E-state index contributed by atoms with van der Waals surface area (Å²) in [7, 11) is 0. The smallest absolute Gasteiger partial charge is 0.210 e. The van der Waals surface area contributed by atoms with Gasteiger partial charge in [0.2, 0.25) is 6.41 Å². The molecule has 0 aliphatic heterocycles. The van der Waals surface area contributed by atoms with Crippen LogP contribution in [0.3, 0.4) is 0 Å². The first-order valence-corrected chi connectivity index (χ1v) is 6.38. The molecule has 1 amide bonds. The molecular formula is C11H11NOS2. The van der Waals surface area contributed by atoms with Crippen molar-refractivity contribution in [3.8, 4) is 0 Å². The normalized spacial score (nSPS) is 10.1. The number of carbonyl (C=O) groups excluding carboxylic acids is 1. The molecule has 0 aliphatic rings. The highest BCUT2D eigenvalue weighted by Gasteiger charge is 2.05. The minimum atomic E-state index is 0.707. The van der Waals surface area contributed by atoms with Gasteiger partial charge in [-0.3, -0.25) is 4.79 Å². The summed E-state index contributed by atoms with van der Waals surface area (Å²) >= 11 is 3.36. The van der Waals surface area contributed by atoms with Crippen LogP contribution in [-0.2, 0) is 17.9 Å². The van der Waals surface area contributed by atoms with Crippen molar-refractivity contribution in [1.29, 1.82) is 0 Å². The molecule has 0 fully saturated rings. The second-order valence-electron chi connectivity index (χ2n) is 3.17. The first-order valence-electron chi connectivity index (χ1n) is 4.62. The van der Waals surface area contributed by atoms with Crippen LogP contribution in [-0.4, -0.2) is 11.3 Å². The Labute approximate surface area is 96.8 Å². The molecule has 0 unspecified atom stereocenters. The fraction of sp³-hybridized carbons (Fsp3) is 0.182. The molecule has 4 heteroatoms. The Morgan fingerprint density at radius 2 is 1.60 bits per heavy atom. The lowest BCUT2D eigenvalue weighted by molar-refractivity contribution is -0.119. The Morgan fingerprint density at radius 3 is 1.93 bits per heavy atom. The zero-order valence-corrected chi connectivity index (χ0v) is 9.76. The number of amides is 1. The first kappa shape index (κ1) is 10.4. The fourth-order valence-corrected chi connectivity index (χ4v) is 2.79. The minimum absolute atomic E-state index is 0.707. The highest BCUT2D eigenvalue weighted by atomic mass is 32.1. The number of carbonyl (C=O) groups is 1. The summed E-state index contributed by atoms with van der Waals surface area (Å²) in [6.45, 7) is 1.41. The molecule has 0 bridgehead atoms. The van der Waals surface area contributed by atoms with E-state index in [1.807, 2.05) is 22.9 Å². The van der Waals surface area contributed by atoms with E-state index in [0.717, 1.165) is 6.41 Å². The molecule has 78 valence electrons. The van der Waals surface area contributed by atoms with Gasteiger partial charge in [0, 0.05) is 9.75 Å². The summed E-state index contributed by atoms with van der Waals surface area (Å²) in [5.74, 6) is 0. The molecule has 2 rings (SSSR count). The number of hydrogen-bond donors (Lipinski definition) is 0. The van der Waals surface area contributed by atoms with Gasteiger partial charge in [-0.2, -0.15) is 0 Å². The molecular weight excluding hydrogens is 226 g/mol. The topological polar surface area (TPSA) is 20.3 Å². The molecule has 0 radical (unpaired) electrons. The van der Waals surface area contributed by atoms with Crippen molar-refractivity contribution in [2.45, 2.75) is 13.1 Å². The second kappa shape index (κ2) is 5.09.